The summed E-state index contributed by atoms with van der Waals surface area (Å²) in [7, 11) is 0. The van der Waals surface area contributed by atoms with Gasteiger partial charge in [0.05, 0.1) is 24.4 Å². The van der Waals surface area contributed by atoms with Gasteiger partial charge in [-0.05, 0) is 31.8 Å². The number of terminal acetylenes is 1. The Morgan fingerprint density at radius 3 is 2.26 bits per heavy atom. The molecule has 106 valence electrons. The average molecular weight is 392 g/mol. The van der Waals surface area contributed by atoms with Gasteiger partial charge in [-0.1, -0.05) is 50.8 Å². The van der Waals surface area contributed by atoms with E-state index in [-0.39, 0.29) is 18.3 Å². The first kappa shape index (κ1) is 15.6. The maximum absolute atomic E-state index is 6.13. The van der Waals surface area contributed by atoms with Crippen molar-refractivity contribution >= 4 is 31.9 Å². The lowest BCUT2D eigenvalue weighted by Crippen LogP contribution is -2.26. The Morgan fingerprint density at radius 1 is 1.16 bits per heavy atom. The van der Waals surface area contributed by atoms with Gasteiger partial charge in [0, 0.05) is 9.65 Å². The second-order valence-corrected chi connectivity index (χ2v) is 7.49. The van der Waals surface area contributed by atoms with Crippen LogP contribution in [0.2, 0.25) is 0 Å². The molecule has 2 fully saturated rings. The summed E-state index contributed by atoms with van der Waals surface area (Å²) in [4.78, 5) is 0.846. The van der Waals surface area contributed by atoms with Gasteiger partial charge in [-0.15, -0.1) is 6.42 Å². The highest BCUT2D eigenvalue weighted by Crippen LogP contribution is 2.38. The van der Waals surface area contributed by atoms with Crippen molar-refractivity contribution in [2.75, 3.05) is 0 Å². The molecule has 0 N–H and O–H groups in total. The van der Waals surface area contributed by atoms with Crippen LogP contribution in [0.1, 0.15) is 32.6 Å². The SMILES string of the molecule is C#C/C=C/C[C@H]1OC(C2C[C@H](Br)[C@@H](CC)O2)C[C@@H]1Br. The highest BCUT2D eigenvalue weighted by atomic mass is 79.9. The van der Waals surface area contributed by atoms with Crippen LogP contribution in [0.3, 0.4) is 0 Å². The Bertz CT molecular complexity index is 364. The van der Waals surface area contributed by atoms with Crippen molar-refractivity contribution in [3.05, 3.63) is 12.2 Å². The van der Waals surface area contributed by atoms with Crippen molar-refractivity contribution < 1.29 is 9.47 Å². The summed E-state index contributed by atoms with van der Waals surface area (Å²) in [5.74, 6) is 2.51. The van der Waals surface area contributed by atoms with Crippen LogP contribution in [-0.2, 0) is 9.47 Å². The minimum absolute atomic E-state index is 0.199. The molecule has 2 aliphatic rings. The van der Waals surface area contributed by atoms with Gasteiger partial charge in [-0.25, -0.2) is 0 Å². The van der Waals surface area contributed by atoms with Crippen LogP contribution in [0.5, 0.6) is 0 Å². The summed E-state index contributed by atoms with van der Waals surface area (Å²) < 4.78 is 12.2. The second-order valence-electron chi connectivity index (χ2n) is 5.14. The lowest BCUT2D eigenvalue weighted by molar-refractivity contribution is -0.0640. The first-order chi connectivity index (χ1) is 9.15. The van der Waals surface area contributed by atoms with E-state index in [2.05, 4.69) is 44.7 Å². The van der Waals surface area contributed by atoms with Crippen molar-refractivity contribution in [1.82, 2.24) is 0 Å². The zero-order chi connectivity index (χ0) is 13.8. The van der Waals surface area contributed by atoms with Crippen molar-refractivity contribution in [3.63, 3.8) is 0 Å². The topological polar surface area (TPSA) is 18.5 Å². The van der Waals surface area contributed by atoms with E-state index in [4.69, 9.17) is 15.9 Å². The number of rotatable bonds is 4. The minimum Gasteiger partial charge on any atom is -0.371 e. The van der Waals surface area contributed by atoms with E-state index in [1.165, 1.54) is 0 Å². The first-order valence-corrected chi connectivity index (χ1v) is 8.69. The lowest BCUT2D eigenvalue weighted by Gasteiger charge is -2.19. The monoisotopic (exact) mass is 390 g/mol. The average Bonchev–Trinajstić information content (AvgIpc) is 2.93. The van der Waals surface area contributed by atoms with Gasteiger partial charge >= 0.3 is 0 Å². The second kappa shape index (κ2) is 7.26. The molecular weight excluding hydrogens is 372 g/mol. The van der Waals surface area contributed by atoms with Crippen LogP contribution < -0.4 is 0 Å². The molecule has 0 bridgehead atoms. The predicted molar refractivity (Wildman–Crippen MR) is 84.9 cm³/mol. The fraction of sp³-hybridized carbons (Fsp3) is 0.733. The summed E-state index contributed by atoms with van der Waals surface area (Å²) >= 11 is 7.42. The molecule has 0 radical (unpaired) electrons. The summed E-state index contributed by atoms with van der Waals surface area (Å²) in [6, 6.07) is 0. The van der Waals surface area contributed by atoms with E-state index in [9.17, 15) is 0 Å². The number of alkyl halides is 2. The summed E-state index contributed by atoms with van der Waals surface area (Å²) in [5, 5.41) is 0. The van der Waals surface area contributed by atoms with E-state index in [0.717, 1.165) is 25.7 Å². The molecule has 2 aliphatic heterocycles. The van der Waals surface area contributed by atoms with Crippen LogP contribution in [0.15, 0.2) is 12.2 Å². The number of hydrogen-bond donors (Lipinski definition) is 0. The highest BCUT2D eigenvalue weighted by molar-refractivity contribution is 9.09. The molecule has 0 saturated carbocycles. The Hall–Kier alpha value is 0.180. The molecule has 0 aromatic heterocycles. The molecule has 2 saturated heterocycles. The molecule has 0 aromatic rings. The van der Waals surface area contributed by atoms with E-state index in [0.29, 0.717) is 15.8 Å². The molecule has 0 aromatic carbocycles. The van der Waals surface area contributed by atoms with Crippen LogP contribution in [0.25, 0.3) is 0 Å². The Morgan fingerprint density at radius 2 is 1.74 bits per heavy atom. The predicted octanol–water partition coefficient (Wildman–Crippen LogP) is 3.82. The zero-order valence-electron chi connectivity index (χ0n) is 11.1. The molecule has 6 atom stereocenters. The first-order valence-electron chi connectivity index (χ1n) is 6.85. The van der Waals surface area contributed by atoms with Crippen LogP contribution in [-0.4, -0.2) is 34.1 Å². The largest absolute Gasteiger partial charge is 0.371 e. The van der Waals surface area contributed by atoms with E-state index < -0.39 is 0 Å². The molecule has 2 heterocycles. The number of ether oxygens (including phenoxy) is 2. The fourth-order valence-corrected chi connectivity index (χ4v) is 4.36. The van der Waals surface area contributed by atoms with Crippen molar-refractivity contribution in [3.8, 4) is 12.3 Å². The fourth-order valence-electron chi connectivity index (χ4n) is 2.78. The highest BCUT2D eigenvalue weighted by Gasteiger charge is 2.43. The van der Waals surface area contributed by atoms with Crippen LogP contribution >= 0.6 is 31.9 Å². The lowest BCUT2D eigenvalue weighted by atomic mass is 10.1. The van der Waals surface area contributed by atoms with Crippen molar-refractivity contribution in [2.45, 2.75) is 66.7 Å². The normalized spacial score (nSPS) is 42.8. The molecule has 19 heavy (non-hydrogen) atoms. The number of hydrogen-bond acceptors (Lipinski definition) is 2. The molecule has 0 amide bonds. The van der Waals surface area contributed by atoms with Gasteiger partial charge in [-0.3, -0.25) is 0 Å². The maximum Gasteiger partial charge on any atom is 0.0853 e. The Labute approximate surface area is 132 Å². The van der Waals surface area contributed by atoms with Crippen molar-refractivity contribution in [2.24, 2.45) is 0 Å². The molecule has 0 spiro atoms. The van der Waals surface area contributed by atoms with E-state index >= 15 is 0 Å². The summed E-state index contributed by atoms with van der Waals surface area (Å²) in [6.45, 7) is 2.16. The van der Waals surface area contributed by atoms with Crippen LogP contribution in [0, 0.1) is 12.3 Å². The molecule has 2 nitrogen and oxygen atoms in total. The van der Waals surface area contributed by atoms with Gasteiger partial charge in [0.15, 0.2) is 0 Å². The number of allylic oxidation sites excluding steroid dienone is 1. The maximum atomic E-state index is 6.13. The van der Waals surface area contributed by atoms with Gasteiger partial charge in [0.25, 0.3) is 0 Å². The van der Waals surface area contributed by atoms with Gasteiger partial charge in [0.2, 0.25) is 0 Å². The van der Waals surface area contributed by atoms with E-state index in [1.807, 2.05) is 6.08 Å². The third kappa shape index (κ3) is 3.85. The molecular formula is C15H20Br2O2. The quantitative estimate of drug-likeness (QED) is 0.535. The molecule has 2 unspecified atom stereocenters. The van der Waals surface area contributed by atoms with Crippen molar-refractivity contribution in [1.29, 1.82) is 0 Å². The Balaban J connectivity index is 1.87. The van der Waals surface area contributed by atoms with Gasteiger partial charge in [0.1, 0.15) is 0 Å². The molecule has 2 rings (SSSR count). The zero-order valence-corrected chi connectivity index (χ0v) is 14.3. The summed E-state index contributed by atoms with van der Waals surface area (Å²) in [6.07, 6.45) is 13.8. The van der Waals surface area contributed by atoms with Gasteiger partial charge in [-0.2, -0.15) is 0 Å². The number of halogens is 2. The minimum atomic E-state index is 0.199. The summed E-state index contributed by atoms with van der Waals surface area (Å²) in [5.41, 5.74) is 0. The van der Waals surface area contributed by atoms with Gasteiger partial charge < -0.3 is 9.47 Å². The van der Waals surface area contributed by atoms with E-state index in [1.54, 1.807) is 6.08 Å². The smallest absolute Gasteiger partial charge is 0.0853 e. The molecule has 0 aliphatic carbocycles. The third-order valence-electron chi connectivity index (χ3n) is 3.82. The van der Waals surface area contributed by atoms with Crippen LogP contribution in [0.4, 0.5) is 0 Å². The third-order valence-corrected chi connectivity index (χ3v) is 5.75. The molecule has 4 heteroatoms. The Kier molecular flexibility index (Phi) is 5.95. The standard InChI is InChI=1S/C15H20Br2O2/c1-3-5-6-7-13-11(17)9-15(19-13)14-8-10(16)12(4-2)18-14/h1,5-6,10-15H,4,7-9H2,2H3/b6-5+/t10-,11-,12+,13+,14?,15?/m0/s1.